The molecule has 1 aromatic carbocycles. The van der Waals surface area contributed by atoms with Crippen LogP contribution in [0.15, 0.2) is 54.6 Å². The van der Waals surface area contributed by atoms with Gasteiger partial charge in [0.25, 0.3) is 0 Å². The second-order valence-corrected chi connectivity index (χ2v) is 12.9. The fourth-order valence-electron chi connectivity index (χ4n) is 7.47. The van der Waals surface area contributed by atoms with Crippen molar-refractivity contribution in [3.8, 4) is 0 Å². The van der Waals surface area contributed by atoms with Crippen LogP contribution in [-0.2, 0) is 20.8 Å². The minimum Gasteiger partial charge on any atom is -0.394 e. The molecule has 4 heterocycles. The number of fused-ring (bicyclic) bond motifs is 2. The molecule has 1 aromatic rings. The van der Waals surface area contributed by atoms with E-state index in [0.717, 1.165) is 31.2 Å². The van der Waals surface area contributed by atoms with Crippen molar-refractivity contribution in [1.82, 2.24) is 14.7 Å². The SMILES string of the molecule is CN1CC=C[C@H]2S[C@]34C=CCN(C5CCCCC5)C(=O)C3N([C@@H](CO)Cc3ccccc3)C(=O)[C@@H]4[C@H]2C1=O. The monoisotopic (exact) mass is 535 g/mol. The van der Waals surface area contributed by atoms with Gasteiger partial charge in [0, 0.05) is 31.4 Å². The highest BCUT2D eigenvalue weighted by Crippen LogP contribution is 2.61. The van der Waals surface area contributed by atoms with Crippen LogP contribution in [0.2, 0.25) is 0 Å². The first-order chi connectivity index (χ1) is 18.5. The summed E-state index contributed by atoms with van der Waals surface area (Å²) in [6.45, 7) is 0.802. The minimum absolute atomic E-state index is 0.0296. The fraction of sp³-hybridized carbons (Fsp3) is 0.567. The van der Waals surface area contributed by atoms with Crippen molar-refractivity contribution in [1.29, 1.82) is 0 Å². The Hall–Kier alpha value is -2.58. The molecule has 0 aromatic heterocycles. The van der Waals surface area contributed by atoms with Gasteiger partial charge in [0.2, 0.25) is 17.7 Å². The molecule has 1 spiro atoms. The van der Waals surface area contributed by atoms with E-state index in [1.807, 2.05) is 41.3 Å². The quantitative estimate of drug-likeness (QED) is 0.587. The van der Waals surface area contributed by atoms with Gasteiger partial charge in [0.05, 0.1) is 29.2 Å². The highest BCUT2D eigenvalue weighted by molar-refractivity contribution is 8.02. The van der Waals surface area contributed by atoms with Crippen molar-refractivity contribution in [3.05, 3.63) is 60.2 Å². The highest BCUT2D eigenvalue weighted by Gasteiger charge is 2.71. The molecular weight excluding hydrogens is 498 g/mol. The molecule has 7 nitrogen and oxygen atoms in total. The molecule has 3 amide bonds. The molecule has 0 bridgehead atoms. The van der Waals surface area contributed by atoms with Crippen LogP contribution in [0.3, 0.4) is 0 Å². The molecule has 5 aliphatic rings. The van der Waals surface area contributed by atoms with Gasteiger partial charge in [0.1, 0.15) is 6.04 Å². The number of nitrogens with zero attached hydrogens (tertiary/aromatic N) is 3. The largest absolute Gasteiger partial charge is 0.394 e. The average Bonchev–Trinajstić information content (AvgIpc) is 3.27. The van der Waals surface area contributed by atoms with Gasteiger partial charge in [-0.1, -0.05) is 73.9 Å². The summed E-state index contributed by atoms with van der Waals surface area (Å²) in [5.74, 6) is -1.42. The van der Waals surface area contributed by atoms with Crippen LogP contribution in [0, 0.1) is 11.8 Å². The maximum atomic E-state index is 14.6. The molecule has 6 atom stereocenters. The Kier molecular flexibility index (Phi) is 6.89. The number of aliphatic hydroxyl groups is 1. The summed E-state index contributed by atoms with van der Waals surface area (Å²) in [5.41, 5.74) is 1.00. The Balaban J connectivity index is 1.45. The number of aliphatic hydroxyl groups excluding tert-OH is 1. The topological polar surface area (TPSA) is 81.2 Å². The van der Waals surface area contributed by atoms with Crippen LogP contribution in [0.4, 0.5) is 0 Å². The minimum atomic E-state index is -0.838. The molecule has 6 rings (SSSR count). The molecule has 1 N–H and O–H groups in total. The number of hydrogen-bond acceptors (Lipinski definition) is 5. The summed E-state index contributed by atoms with van der Waals surface area (Å²) in [4.78, 5) is 48.1. The summed E-state index contributed by atoms with van der Waals surface area (Å²) in [5, 5.41) is 10.5. The normalized spacial score (nSPS) is 34.2. The van der Waals surface area contributed by atoms with E-state index in [-0.39, 0.29) is 35.6 Å². The van der Waals surface area contributed by atoms with Crippen molar-refractivity contribution in [2.24, 2.45) is 11.8 Å². The number of thioether (sulfide) groups is 1. The first kappa shape index (κ1) is 25.7. The Labute approximate surface area is 228 Å². The van der Waals surface area contributed by atoms with Gasteiger partial charge < -0.3 is 19.8 Å². The van der Waals surface area contributed by atoms with E-state index >= 15 is 0 Å². The Bertz CT molecular complexity index is 1150. The lowest BCUT2D eigenvalue weighted by Gasteiger charge is -2.41. The van der Waals surface area contributed by atoms with Crippen LogP contribution in [0.1, 0.15) is 37.7 Å². The molecular formula is C30H37N3O4S. The third-order valence-electron chi connectivity index (χ3n) is 9.26. The smallest absolute Gasteiger partial charge is 0.247 e. The second-order valence-electron chi connectivity index (χ2n) is 11.4. The van der Waals surface area contributed by atoms with Gasteiger partial charge in [-0.15, -0.1) is 11.8 Å². The number of rotatable bonds is 5. The van der Waals surface area contributed by atoms with Gasteiger partial charge in [-0.2, -0.15) is 0 Å². The highest BCUT2D eigenvalue weighted by atomic mass is 32.2. The summed E-state index contributed by atoms with van der Waals surface area (Å²) >= 11 is 1.61. The standard InChI is InChI=1S/C30H37N3O4S/c1-31-16-8-14-23-24(27(31)35)25-28(36)33(22(19-34)18-20-10-4-2-5-11-20)26-29(37)32(21-12-6-3-7-13-21)17-9-15-30(25,26)38-23/h2,4-5,8-11,14-15,21-26,34H,3,6-7,12-13,16-19H2,1H3/t22-,23-,24+,25+,26?,30+/m1/s1. The van der Waals surface area contributed by atoms with Crippen LogP contribution in [-0.4, -0.2) is 92.4 Å². The van der Waals surface area contributed by atoms with E-state index in [1.165, 1.54) is 6.42 Å². The van der Waals surface area contributed by atoms with E-state index in [1.54, 1.807) is 28.6 Å². The Morgan fingerprint density at radius 2 is 1.76 bits per heavy atom. The maximum Gasteiger partial charge on any atom is 0.247 e. The van der Waals surface area contributed by atoms with E-state index in [2.05, 4.69) is 18.2 Å². The first-order valence-electron chi connectivity index (χ1n) is 14.0. The van der Waals surface area contributed by atoms with Crippen LogP contribution in [0.25, 0.3) is 0 Å². The average molecular weight is 536 g/mol. The van der Waals surface area contributed by atoms with Crippen molar-refractivity contribution in [3.63, 3.8) is 0 Å². The maximum absolute atomic E-state index is 14.6. The summed E-state index contributed by atoms with van der Waals surface area (Å²) < 4.78 is -0.838. The Morgan fingerprint density at radius 3 is 2.50 bits per heavy atom. The molecule has 3 fully saturated rings. The van der Waals surface area contributed by atoms with Crippen molar-refractivity contribution in [2.45, 2.75) is 66.6 Å². The van der Waals surface area contributed by atoms with Gasteiger partial charge in [-0.05, 0) is 24.8 Å². The zero-order valence-electron chi connectivity index (χ0n) is 21.9. The number of likely N-dealkylation sites (N-methyl/N-ethyl adjacent to an activating group) is 1. The van der Waals surface area contributed by atoms with Gasteiger partial charge in [0.15, 0.2) is 0 Å². The molecule has 1 unspecified atom stereocenters. The molecule has 8 heteroatoms. The van der Waals surface area contributed by atoms with Crippen molar-refractivity contribution >= 4 is 29.5 Å². The number of carbonyl (C=O) groups is 3. The summed E-state index contributed by atoms with van der Waals surface area (Å²) in [6, 6.07) is 8.69. The number of carbonyl (C=O) groups excluding carboxylic acids is 3. The summed E-state index contributed by atoms with van der Waals surface area (Å²) in [7, 11) is 1.78. The van der Waals surface area contributed by atoms with Crippen molar-refractivity contribution in [2.75, 3.05) is 26.7 Å². The summed E-state index contributed by atoms with van der Waals surface area (Å²) in [6.07, 6.45) is 14.0. The third-order valence-corrected chi connectivity index (χ3v) is 11.0. The number of hydrogen-bond donors (Lipinski definition) is 1. The molecule has 38 heavy (non-hydrogen) atoms. The van der Waals surface area contributed by atoms with E-state index < -0.39 is 28.7 Å². The van der Waals surface area contributed by atoms with E-state index in [9.17, 15) is 19.5 Å². The van der Waals surface area contributed by atoms with Crippen molar-refractivity contribution < 1.29 is 19.5 Å². The predicted molar refractivity (Wildman–Crippen MR) is 147 cm³/mol. The lowest BCUT2D eigenvalue weighted by atomic mass is 9.78. The van der Waals surface area contributed by atoms with E-state index in [0.29, 0.717) is 19.5 Å². The number of likely N-dealkylation sites (tertiary alicyclic amines) is 1. The molecule has 202 valence electrons. The molecule has 1 aliphatic carbocycles. The van der Waals surface area contributed by atoms with E-state index in [4.69, 9.17) is 0 Å². The second kappa shape index (κ2) is 10.2. The fourth-order valence-corrected chi connectivity index (χ4v) is 9.47. The number of amides is 3. The molecule has 0 radical (unpaired) electrons. The molecule has 1 saturated carbocycles. The third kappa shape index (κ3) is 4.02. The van der Waals surface area contributed by atoms with Gasteiger partial charge in [-0.3, -0.25) is 14.4 Å². The van der Waals surface area contributed by atoms with Gasteiger partial charge in [-0.25, -0.2) is 0 Å². The van der Waals surface area contributed by atoms with Gasteiger partial charge >= 0.3 is 0 Å². The first-order valence-corrected chi connectivity index (χ1v) is 14.9. The van der Waals surface area contributed by atoms with Crippen LogP contribution < -0.4 is 0 Å². The van der Waals surface area contributed by atoms with Crippen LogP contribution >= 0.6 is 11.8 Å². The molecule has 4 aliphatic heterocycles. The van der Waals surface area contributed by atoms with Crippen LogP contribution in [0.5, 0.6) is 0 Å². The predicted octanol–water partition coefficient (Wildman–Crippen LogP) is 2.65. The lowest BCUT2D eigenvalue weighted by Crippen LogP contribution is -2.58. The molecule has 2 saturated heterocycles. The number of benzene rings is 1. The zero-order chi connectivity index (χ0) is 26.4. The Morgan fingerprint density at radius 1 is 1.00 bits per heavy atom. The lowest BCUT2D eigenvalue weighted by molar-refractivity contribution is -0.147. The zero-order valence-corrected chi connectivity index (χ0v) is 22.8.